The molecule has 1 rings (SSSR count). The van der Waals surface area contributed by atoms with Crippen molar-refractivity contribution in [3.63, 3.8) is 0 Å². The van der Waals surface area contributed by atoms with Crippen LogP contribution in [-0.4, -0.2) is 43.8 Å². The molecular weight excluding hydrogens is 282 g/mol. The van der Waals surface area contributed by atoms with E-state index in [2.05, 4.69) is 10.3 Å². The normalized spacial score (nSPS) is 12.8. The topological polar surface area (TPSA) is 99.6 Å². The summed E-state index contributed by atoms with van der Waals surface area (Å²) in [5.41, 5.74) is 0.364. The van der Waals surface area contributed by atoms with Crippen LogP contribution in [0, 0.1) is 0 Å². The first kappa shape index (κ1) is 16.2. The highest BCUT2D eigenvalue weighted by Crippen LogP contribution is 2.22. The molecular formula is C12H19N3O4S. The number of carbonyl (C=O) groups is 1. The highest BCUT2D eigenvalue weighted by atomic mass is 32.2. The van der Waals surface area contributed by atoms with E-state index < -0.39 is 16.0 Å². The Morgan fingerprint density at radius 2 is 2.15 bits per heavy atom. The summed E-state index contributed by atoms with van der Waals surface area (Å²) in [7, 11) is -2.16. The van der Waals surface area contributed by atoms with Gasteiger partial charge in [0, 0.05) is 13.1 Å². The van der Waals surface area contributed by atoms with E-state index in [1.54, 1.807) is 0 Å². The quantitative estimate of drug-likeness (QED) is 0.823. The summed E-state index contributed by atoms with van der Waals surface area (Å²) in [6.07, 6.45) is 3.19. The highest BCUT2D eigenvalue weighted by Gasteiger charge is 2.18. The molecule has 0 saturated carbocycles. The van der Waals surface area contributed by atoms with Crippen molar-refractivity contribution in [1.82, 2.24) is 4.98 Å². The first-order valence-electron chi connectivity index (χ1n) is 6.10. The Bertz CT molecular complexity index is 601. The standard InChI is InChI=1S/C12H19N3O4S/c1-5-8(2)14-10-7-13-11(6-9(10)12(16)17)15(3)20(4,18)19/h6-8,14H,5H2,1-4H3,(H,16,17)/t8-/m0/s1. The third kappa shape index (κ3) is 3.83. The molecule has 0 aromatic carbocycles. The molecule has 8 heteroatoms. The number of rotatable bonds is 6. The molecule has 0 radical (unpaired) electrons. The second-order valence-electron chi connectivity index (χ2n) is 4.58. The number of nitrogens with zero attached hydrogens (tertiary/aromatic N) is 2. The molecule has 112 valence electrons. The zero-order valence-electron chi connectivity index (χ0n) is 11.9. The second kappa shape index (κ2) is 6.08. The van der Waals surface area contributed by atoms with E-state index in [0.717, 1.165) is 17.0 Å². The lowest BCUT2D eigenvalue weighted by molar-refractivity contribution is 0.0698. The smallest absolute Gasteiger partial charge is 0.337 e. The van der Waals surface area contributed by atoms with Crippen LogP contribution in [0.5, 0.6) is 0 Å². The van der Waals surface area contributed by atoms with Crippen LogP contribution in [0.4, 0.5) is 11.5 Å². The van der Waals surface area contributed by atoms with E-state index in [9.17, 15) is 18.3 Å². The maximum Gasteiger partial charge on any atom is 0.337 e. The van der Waals surface area contributed by atoms with Crippen LogP contribution in [0.15, 0.2) is 12.3 Å². The van der Waals surface area contributed by atoms with Crippen molar-refractivity contribution < 1.29 is 18.3 Å². The summed E-state index contributed by atoms with van der Waals surface area (Å²) in [5.74, 6) is -1.07. The van der Waals surface area contributed by atoms with Crippen molar-refractivity contribution in [3.8, 4) is 0 Å². The van der Waals surface area contributed by atoms with Gasteiger partial charge in [-0.25, -0.2) is 18.2 Å². The van der Waals surface area contributed by atoms with E-state index >= 15 is 0 Å². The summed E-state index contributed by atoms with van der Waals surface area (Å²) < 4.78 is 23.8. The predicted molar refractivity (Wildman–Crippen MR) is 77.8 cm³/mol. The summed E-state index contributed by atoms with van der Waals surface area (Å²) in [4.78, 5) is 15.3. The van der Waals surface area contributed by atoms with Crippen LogP contribution in [0.2, 0.25) is 0 Å². The highest BCUT2D eigenvalue weighted by molar-refractivity contribution is 7.92. The molecule has 1 atom stereocenters. The summed E-state index contributed by atoms with van der Waals surface area (Å²) in [6.45, 7) is 3.89. The van der Waals surface area contributed by atoms with E-state index in [4.69, 9.17) is 0 Å². The average molecular weight is 301 g/mol. The largest absolute Gasteiger partial charge is 0.478 e. The number of anilines is 2. The lowest BCUT2D eigenvalue weighted by atomic mass is 10.2. The van der Waals surface area contributed by atoms with E-state index in [1.165, 1.54) is 19.3 Å². The van der Waals surface area contributed by atoms with Gasteiger partial charge in [0.2, 0.25) is 10.0 Å². The SMILES string of the molecule is CC[C@H](C)Nc1cnc(N(C)S(C)(=O)=O)cc1C(=O)O. The van der Waals surface area contributed by atoms with Gasteiger partial charge in [0.15, 0.2) is 0 Å². The Labute approximate surface area is 118 Å². The van der Waals surface area contributed by atoms with Gasteiger partial charge in [0.05, 0.1) is 23.7 Å². The molecule has 1 aromatic rings. The molecule has 20 heavy (non-hydrogen) atoms. The maximum atomic E-state index is 11.4. The minimum atomic E-state index is -3.48. The number of sulfonamides is 1. The first-order chi connectivity index (χ1) is 9.16. The fraction of sp³-hybridized carbons (Fsp3) is 0.500. The molecule has 0 amide bonds. The van der Waals surface area contributed by atoms with Gasteiger partial charge in [-0.05, 0) is 19.4 Å². The number of aromatic nitrogens is 1. The van der Waals surface area contributed by atoms with Crippen LogP contribution < -0.4 is 9.62 Å². The molecule has 0 aliphatic heterocycles. The van der Waals surface area contributed by atoms with Gasteiger partial charge in [0.25, 0.3) is 0 Å². The van der Waals surface area contributed by atoms with Crippen LogP contribution in [-0.2, 0) is 10.0 Å². The third-order valence-corrected chi connectivity index (χ3v) is 4.14. The Morgan fingerprint density at radius 1 is 1.55 bits per heavy atom. The van der Waals surface area contributed by atoms with Crippen molar-refractivity contribution in [3.05, 3.63) is 17.8 Å². The van der Waals surface area contributed by atoms with Crippen molar-refractivity contribution in [2.75, 3.05) is 22.9 Å². The lowest BCUT2D eigenvalue weighted by Gasteiger charge is -2.19. The summed E-state index contributed by atoms with van der Waals surface area (Å²) in [5, 5.41) is 12.3. The number of aromatic carboxylic acids is 1. The molecule has 0 spiro atoms. The van der Waals surface area contributed by atoms with Gasteiger partial charge in [0.1, 0.15) is 5.82 Å². The van der Waals surface area contributed by atoms with Gasteiger partial charge < -0.3 is 10.4 Å². The van der Waals surface area contributed by atoms with Gasteiger partial charge >= 0.3 is 5.97 Å². The van der Waals surface area contributed by atoms with Gasteiger partial charge in [-0.1, -0.05) is 6.92 Å². The third-order valence-electron chi connectivity index (χ3n) is 2.95. The van der Waals surface area contributed by atoms with Crippen LogP contribution in [0.25, 0.3) is 0 Å². The molecule has 1 heterocycles. The van der Waals surface area contributed by atoms with E-state index in [-0.39, 0.29) is 17.4 Å². The molecule has 0 unspecified atom stereocenters. The number of carboxylic acids is 1. The monoisotopic (exact) mass is 301 g/mol. The lowest BCUT2D eigenvalue weighted by Crippen LogP contribution is -2.26. The minimum absolute atomic E-state index is 0.00852. The molecule has 0 bridgehead atoms. The fourth-order valence-corrected chi connectivity index (χ4v) is 1.89. The Balaban J connectivity index is 3.23. The van der Waals surface area contributed by atoms with Crippen molar-refractivity contribution >= 4 is 27.5 Å². The summed E-state index contributed by atoms with van der Waals surface area (Å²) in [6, 6.07) is 1.34. The second-order valence-corrected chi connectivity index (χ2v) is 6.59. The van der Waals surface area contributed by atoms with Crippen molar-refractivity contribution in [1.29, 1.82) is 0 Å². The minimum Gasteiger partial charge on any atom is -0.478 e. The Kier molecular flexibility index (Phi) is 4.93. The van der Waals surface area contributed by atoms with E-state index in [1.807, 2.05) is 13.8 Å². The maximum absolute atomic E-state index is 11.4. The number of nitrogens with one attached hydrogen (secondary N) is 1. The average Bonchev–Trinajstić information content (AvgIpc) is 2.36. The molecule has 0 aliphatic rings. The molecule has 0 saturated heterocycles. The molecule has 0 aliphatic carbocycles. The number of carboxylic acid groups (broad SMARTS) is 1. The molecule has 7 nitrogen and oxygen atoms in total. The van der Waals surface area contributed by atoms with Gasteiger partial charge in [-0.2, -0.15) is 0 Å². The van der Waals surface area contributed by atoms with Crippen molar-refractivity contribution in [2.24, 2.45) is 0 Å². The number of hydrogen-bond acceptors (Lipinski definition) is 5. The zero-order chi connectivity index (χ0) is 15.5. The Hall–Kier alpha value is -1.83. The van der Waals surface area contributed by atoms with Crippen LogP contribution >= 0.6 is 0 Å². The van der Waals surface area contributed by atoms with Crippen molar-refractivity contribution in [2.45, 2.75) is 26.3 Å². The van der Waals surface area contributed by atoms with Gasteiger partial charge in [-0.15, -0.1) is 0 Å². The number of hydrogen-bond donors (Lipinski definition) is 2. The molecule has 2 N–H and O–H groups in total. The molecule has 1 aromatic heterocycles. The van der Waals surface area contributed by atoms with Crippen LogP contribution in [0.1, 0.15) is 30.6 Å². The molecule has 0 fully saturated rings. The van der Waals surface area contributed by atoms with Gasteiger partial charge in [-0.3, -0.25) is 4.31 Å². The predicted octanol–water partition coefficient (Wildman–Crippen LogP) is 1.39. The summed E-state index contributed by atoms with van der Waals surface area (Å²) >= 11 is 0. The van der Waals surface area contributed by atoms with Crippen LogP contribution in [0.3, 0.4) is 0 Å². The zero-order valence-corrected chi connectivity index (χ0v) is 12.7. The fourth-order valence-electron chi connectivity index (χ4n) is 1.45. The first-order valence-corrected chi connectivity index (χ1v) is 7.95. The number of pyridine rings is 1. The van der Waals surface area contributed by atoms with E-state index in [0.29, 0.717) is 5.69 Å². The Morgan fingerprint density at radius 3 is 2.60 bits per heavy atom.